The molecule has 132 valence electrons. The normalized spacial score (nSPS) is 10.3. The number of nitrogens with two attached hydrogens (primary N) is 1. The van der Waals surface area contributed by atoms with E-state index in [1.54, 1.807) is 36.9 Å². The molecule has 0 radical (unpaired) electrons. The number of imide groups is 1. The van der Waals surface area contributed by atoms with Gasteiger partial charge < -0.3 is 15.0 Å². The average Bonchev–Trinajstić information content (AvgIpc) is 2.99. The molecule has 0 unspecified atom stereocenters. The van der Waals surface area contributed by atoms with Crippen LogP contribution < -0.4 is 11.1 Å². The van der Waals surface area contributed by atoms with Crippen LogP contribution >= 0.6 is 11.8 Å². The van der Waals surface area contributed by atoms with E-state index in [1.165, 1.54) is 6.20 Å². The van der Waals surface area contributed by atoms with Crippen molar-refractivity contribution >= 4 is 35.4 Å². The molecule has 25 heavy (non-hydrogen) atoms. The van der Waals surface area contributed by atoms with Crippen LogP contribution in [0, 0.1) is 0 Å². The summed E-state index contributed by atoms with van der Waals surface area (Å²) in [6.45, 7) is 1.89. The first-order valence-electron chi connectivity index (χ1n) is 7.30. The molecule has 0 aliphatic heterocycles. The number of hydrogen-bond donors (Lipinski definition) is 2. The number of aryl methyl sites for hydroxylation is 1. The van der Waals surface area contributed by atoms with E-state index in [-0.39, 0.29) is 28.9 Å². The Kier molecular flexibility index (Phi) is 6.12. The van der Waals surface area contributed by atoms with E-state index >= 15 is 0 Å². The lowest BCUT2D eigenvalue weighted by Crippen LogP contribution is -2.33. The highest BCUT2D eigenvalue weighted by Crippen LogP contribution is 2.17. The van der Waals surface area contributed by atoms with Gasteiger partial charge in [-0.05, 0) is 19.1 Å². The molecule has 0 aliphatic carbocycles. The molecule has 0 aromatic carbocycles. The third-order valence-electron chi connectivity index (χ3n) is 3.05. The number of nitrogens with zero attached hydrogens (tertiary/aromatic N) is 3. The van der Waals surface area contributed by atoms with E-state index in [9.17, 15) is 14.4 Å². The summed E-state index contributed by atoms with van der Waals surface area (Å²) in [6, 6.07) is 3.31. The zero-order chi connectivity index (χ0) is 18.4. The molecule has 9 nitrogen and oxygen atoms in total. The Hall–Kier alpha value is -2.88. The van der Waals surface area contributed by atoms with Crippen LogP contribution in [0.1, 0.15) is 27.8 Å². The summed E-state index contributed by atoms with van der Waals surface area (Å²) in [5, 5.41) is 2.49. The zero-order valence-corrected chi connectivity index (χ0v) is 14.5. The van der Waals surface area contributed by atoms with Gasteiger partial charge in [-0.2, -0.15) is 0 Å². The van der Waals surface area contributed by atoms with Gasteiger partial charge in [0.1, 0.15) is 17.1 Å². The number of carbonyl (C=O) groups excluding carboxylic acids is 3. The molecule has 0 fully saturated rings. The van der Waals surface area contributed by atoms with Gasteiger partial charge in [0.2, 0.25) is 5.91 Å². The van der Waals surface area contributed by atoms with Gasteiger partial charge >= 0.3 is 5.97 Å². The second kappa shape index (κ2) is 8.29. The number of carbonyl (C=O) groups is 3. The molecule has 0 saturated heterocycles. The molecule has 2 aromatic rings. The number of anilines is 1. The number of aromatic nitrogens is 3. The number of rotatable bonds is 6. The molecular weight excluding hydrogens is 346 g/mol. The van der Waals surface area contributed by atoms with Gasteiger partial charge in [-0.3, -0.25) is 14.9 Å². The minimum atomic E-state index is -0.609. The molecule has 0 bridgehead atoms. The van der Waals surface area contributed by atoms with Crippen LogP contribution in [0.15, 0.2) is 29.7 Å². The summed E-state index contributed by atoms with van der Waals surface area (Å²) in [6.07, 6.45) is 2.95. The second-order valence-electron chi connectivity index (χ2n) is 4.84. The van der Waals surface area contributed by atoms with Crippen molar-refractivity contribution in [3.05, 3.63) is 35.8 Å². The van der Waals surface area contributed by atoms with Crippen molar-refractivity contribution in [1.82, 2.24) is 19.9 Å². The predicted octanol–water partition coefficient (Wildman–Crippen LogP) is 0.623. The van der Waals surface area contributed by atoms with Crippen molar-refractivity contribution in [2.45, 2.75) is 12.1 Å². The Balaban J connectivity index is 1.91. The number of amides is 2. The lowest BCUT2D eigenvalue weighted by molar-refractivity contribution is -0.117. The monoisotopic (exact) mass is 363 g/mol. The first-order valence-corrected chi connectivity index (χ1v) is 8.28. The molecule has 0 aliphatic rings. The van der Waals surface area contributed by atoms with Gasteiger partial charge in [0, 0.05) is 19.4 Å². The maximum Gasteiger partial charge on any atom is 0.343 e. The summed E-state index contributed by atoms with van der Waals surface area (Å²) >= 11 is 0.994. The van der Waals surface area contributed by atoms with E-state index in [0.717, 1.165) is 11.8 Å². The standard InChI is InChI=1S/C15H17N5O4S/c1-3-24-14(23)9-7-17-15(19-12(9)16)25-8-11(21)18-13(22)10-5-4-6-20(10)2/h4-7H,3,8H2,1-2H3,(H2,16,17,19)(H,18,21,22). The molecule has 2 rings (SSSR count). The summed E-state index contributed by atoms with van der Waals surface area (Å²) < 4.78 is 6.43. The topological polar surface area (TPSA) is 129 Å². The largest absolute Gasteiger partial charge is 0.462 e. The average molecular weight is 363 g/mol. The van der Waals surface area contributed by atoms with Crippen molar-refractivity contribution < 1.29 is 19.1 Å². The summed E-state index contributed by atoms with van der Waals surface area (Å²) in [4.78, 5) is 43.3. The summed E-state index contributed by atoms with van der Waals surface area (Å²) in [7, 11) is 1.70. The molecule has 0 atom stereocenters. The third kappa shape index (κ3) is 4.80. The summed E-state index contributed by atoms with van der Waals surface area (Å²) in [5.74, 6) is -1.70. The number of thioether (sulfide) groups is 1. The van der Waals surface area contributed by atoms with Crippen LogP contribution in [-0.2, 0) is 16.6 Å². The maximum atomic E-state index is 11.9. The number of ether oxygens (including phenoxy) is 1. The molecule has 0 spiro atoms. The van der Waals surface area contributed by atoms with Gasteiger partial charge in [-0.25, -0.2) is 14.8 Å². The Morgan fingerprint density at radius 2 is 2.16 bits per heavy atom. The maximum absolute atomic E-state index is 11.9. The first kappa shape index (κ1) is 18.5. The van der Waals surface area contributed by atoms with Gasteiger partial charge in [0.05, 0.1) is 12.4 Å². The molecule has 2 aromatic heterocycles. The lowest BCUT2D eigenvalue weighted by Gasteiger charge is -2.06. The molecular formula is C15H17N5O4S. The molecule has 0 saturated carbocycles. The van der Waals surface area contributed by atoms with Gasteiger partial charge in [-0.15, -0.1) is 0 Å². The fourth-order valence-electron chi connectivity index (χ4n) is 1.87. The Morgan fingerprint density at radius 1 is 1.40 bits per heavy atom. The quantitative estimate of drug-likeness (QED) is 0.434. The molecule has 3 N–H and O–H groups in total. The van der Waals surface area contributed by atoms with Crippen molar-refractivity contribution in [3.8, 4) is 0 Å². The SMILES string of the molecule is CCOC(=O)c1cnc(SCC(=O)NC(=O)c2cccn2C)nc1N. The van der Waals surface area contributed by atoms with E-state index in [2.05, 4.69) is 15.3 Å². The highest BCUT2D eigenvalue weighted by Gasteiger charge is 2.16. The highest BCUT2D eigenvalue weighted by atomic mass is 32.2. The van der Waals surface area contributed by atoms with Gasteiger partial charge in [-0.1, -0.05) is 11.8 Å². The number of nitrogens with one attached hydrogen (secondary N) is 1. The van der Waals surface area contributed by atoms with E-state index in [1.807, 2.05) is 0 Å². The van der Waals surface area contributed by atoms with Gasteiger partial charge in [0.15, 0.2) is 5.16 Å². The molecule has 2 heterocycles. The van der Waals surface area contributed by atoms with Crippen LogP contribution in [0.4, 0.5) is 5.82 Å². The van der Waals surface area contributed by atoms with Crippen LogP contribution in [0.5, 0.6) is 0 Å². The van der Waals surface area contributed by atoms with Gasteiger partial charge in [0.25, 0.3) is 5.91 Å². The van der Waals surface area contributed by atoms with E-state index in [4.69, 9.17) is 10.5 Å². The smallest absolute Gasteiger partial charge is 0.343 e. The van der Waals surface area contributed by atoms with Crippen LogP contribution in [-0.4, -0.2) is 44.7 Å². The fourth-order valence-corrected chi connectivity index (χ4v) is 2.49. The number of hydrogen-bond acceptors (Lipinski definition) is 8. The minimum Gasteiger partial charge on any atom is -0.462 e. The van der Waals surface area contributed by atoms with Crippen LogP contribution in [0.25, 0.3) is 0 Å². The van der Waals surface area contributed by atoms with Crippen molar-refractivity contribution in [1.29, 1.82) is 0 Å². The van der Waals surface area contributed by atoms with Crippen LogP contribution in [0.3, 0.4) is 0 Å². The molecule has 10 heteroatoms. The zero-order valence-electron chi connectivity index (χ0n) is 13.7. The Morgan fingerprint density at radius 3 is 2.76 bits per heavy atom. The lowest BCUT2D eigenvalue weighted by atomic mass is 10.3. The minimum absolute atomic E-state index is 0.0313. The highest BCUT2D eigenvalue weighted by molar-refractivity contribution is 7.99. The Labute approximate surface area is 148 Å². The summed E-state index contributed by atoms with van der Waals surface area (Å²) in [5.41, 5.74) is 6.13. The first-order chi connectivity index (χ1) is 11.9. The molecule has 2 amide bonds. The van der Waals surface area contributed by atoms with E-state index in [0.29, 0.717) is 5.69 Å². The van der Waals surface area contributed by atoms with Crippen molar-refractivity contribution in [2.75, 3.05) is 18.1 Å². The number of esters is 1. The van der Waals surface area contributed by atoms with Crippen molar-refractivity contribution in [2.24, 2.45) is 7.05 Å². The van der Waals surface area contributed by atoms with E-state index < -0.39 is 17.8 Å². The fraction of sp³-hybridized carbons (Fsp3) is 0.267. The third-order valence-corrected chi connectivity index (χ3v) is 3.91. The van der Waals surface area contributed by atoms with Crippen LogP contribution in [0.2, 0.25) is 0 Å². The number of nitrogen functional groups attached to an aromatic ring is 1. The second-order valence-corrected chi connectivity index (χ2v) is 5.78. The Bertz CT molecular complexity index is 805. The van der Waals surface area contributed by atoms with Crippen molar-refractivity contribution in [3.63, 3.8) is 0 Å². The predicted molar refractivity (Wildman–Crippen MR) is 91.0 cm³/mol.